The predicted molar refractivity (Wildman–Crippen MR) is 154 cm³/mol. The maximum Gasteiger partial charge on any atom is 0.243 e. The number of carbonyl (C=O) groups is 1. The van der Waals surface area contributed by atoms with Crippen molar-refractivity contribution in [1.82, 2.24) is 8.87 Å². The summed E-state index contributed by atoms with van der Waals surface area (Å²) in [6.45, 7) is 2.42. The number of nitrogens with zero attached hydrogens (tertiary/aromatic N) is 2. The SMILES string of the molecule is CCn1c2ccccc2c2cc(NC(=O)CN(Cc3ccc(Cl)cc3Cl)S(=O)(=O)c3ccccc3)ccc21. The number of sulfonamides is 1. The predicted octanol–water partition coefficient (Wildman–Crippen LogP) is 6.95. The lowest BCUT2D eigenvalue weighted by Gasteiger charge is -2.22. The molecule has 0 aliphatic rings. The minimum Gasteiger partial charge on any atom is -0.341 e. The van der Waals surface area contributed by atoms with Crippen molar-refractivity contribution in [3.8, 4) is 0 Å². The van der Waals surface area contributed by atoms with Crippen molar-refractivity contribution in [3.05, 3.63) is 107 Å². The maximum atomic E-state index is 13.5. The molecule has 0 atom stereocenters. The molecule has 4 aromatic carbocycles. The molecule has 1 heterocycles. The highest BCUT2D eigenvalue weighted by Gasteiger charge is 2.27. The number of hydrogen-bond acceptors (Lipinski definition) is 3. The van der Waals surface area contributed by atoms with Gasteiger partial charge in [-0.15, -0.1) is 0 Å². The van der Waals surface area contributed by atoms with Gasteiger partial charge in [0.25, 0.3) is 0 Å². The first-order valence-electron chi connectivity index (χ1n) is 12.1. The zero-order chi connectivity index (χ0) is 26.9. The summed E-state index contributed by atoms with van der Waals surface area (Å²) in [7, 11) is -4.00. The van der Waals surface area contributed by atoms with Crippen LogP contribution in [0.15, 0.2) is 95.9 Å². The van der Waals surface area contributed by atoms with Crippen molar-refractivity contribution in [3.63, 3.8) is 0 Å². The minimum atomic E-state index is -4.00. The molecule has 5 rings (SSSR count). The topological polar surface area (TPSA) is 71.4 Å². The Bertz CT molecular complexity index is 1750. The van der Waals surface area contributed by atoms with E-state index in [-0.39, 0.29) is 11.4 Å². The number of anilines is 1. The van der Waals surface area contributed by atoms with Crippen molar-refractivity contribution in [2.75, 3.05) is 11.9 Å². The lowest BCUT2D eigenvalue weighted by molar-refractivity contribution is -0.116. The minimum absolute atomic E-state index is 0.0895. The van der Waals surface area contributed by atoms with Gasteiger partial charge in [0, 0.05) is 50.6 Å². The van der Waals surface area contributed by atoms with Gasteiger partial charge < -0.3 is 9.88 Å². The quantitative estimate of drug-likeness (QED) is 0.221. The van der Waals surface area contributed by atoms with E-state index in [1.165, 1.54) is 12.1 Å². The van der Waals surface area contributed by atoms with Gasteiger partial charge in [0.15, 0.2) is 0 Å². The maximum absolute atomic E-state index is 13.5. The van der Waals surface area contributed by atoms with Crippen LogP contribution in [0, 0.1) is 0 Å². The Morgan fingerprint density at radius 2 is 1.58 bits per heavy atom. The highest BCUT2D eigenvalue weighted by Crippen LogP contribution is 2.31. The molecule has 1 aromatic heterocycles. The summed E-state index contributed by atoms with van der Waals surface area (Å²) in [5.41, 5.74) is 3.31. The molecule has 38 heavy (non-hydrogen) atoms. The summed E-state index contributed by atoms with van der Waals surface area (Å²) in [6, 6.07) is 26.7. The molecule has 5 aromatic rings. The van der Waals surface area contributed by atoms with Gasteiger partial charge in [-0.2, -0.15) is 4.31 Å². The smallest absolute Gasteiger partial charge is 0.243 e. The fourth-order valence-electron chi connectivity index (χ4n) is 4.64. The van der Waals surface area contributed by atoms with E-state index in [9.17, 15) is 13.2 Å². The van der Waals surface area contributed by atoms with Gasteiger partial charge in [-0.05, 0) is 61.0 Å². The van der Waals surface area contributed by atoms with Gasteiger partial charge in [0.1, 0.15) is 0 Å². The van der Waals surface area contributed by atoms with Crippen LogP contribution in [0.25, 0.3) is 21.8 Å². The molecule has 1 amide bonds. The number of halogens is 2. The number of rotatable bonds is 8. The lowest BCUT2D eigenvalue weighted by atomic mass is 10.1. The van der Waals surface area contributed by atoms with Crippen molar-refractivity contribution in [2.24, 2.45) is 0 Å². The standard InChI is InChI=1S/C29H25Cl2N3O3S/c1-2-34-27-11-7-6-10-24(27)25-17-22(14-15-28(25)34)32-29(35)19-33(18-20-12-13-21(30)16-26(20)31)38(36,37)23-8-4-3-5-9-23/h3-17H,2,18-19H2,1H3,(H,32,35). The fourth-order valence-corrected chi connectivity index (χ4v) is 6.50. The third-order valence-corrected chi connectivity index (χ3v) is 8.83. The van der Waals surface area contributed by atoms with Gasteiger partial charge in [0.05, 0.1) is 11.4 Å². The van der Waals surface area contributed by atoms with Crippen LogP contribution in [0.4, 0.5) is 5.69 Å². The molecule has 0 radical (unpaired) electrons. The van der Waals surface area contributed by atoms with Crippen molar-refractivity contribution in [1.29, 1.82) is 0 Å². The first-order valence-corrected chi connectivity index (χ1v) is 14.3. The Balaban J connectivity index is 1.45. The number of para-hydroxylation sites is 1. The van der Waals surface area contributed by atoms with E-state index in [0.717, 1.165) is 32.7 Å². The second kappa shape index (κ2) is 10.8. The Hall–Kier alpha value is -3.36. The van der Waals surface area contributed by atoms with Crippen molar-refractivity contribution in [2.45, 2.75) is 24.9 Å². The molecule has 194 valence electrons. The molecule has 0 saturated heterocycles. The van der Waals surface area contributed by atoms with Crippen LogP contribution in [-0.4, -0.2) is 29.7 Å². The van der Waals surface area contributed by atoms with E-state index >= 15 is 0 Å². The van der Waals surface area contributed by atoms with E-state index in [0.29, 0.717) is 21.3 Å². The molecule has 6 nitrogen and oxygen atoms in total. The van der Waals surface area contributed by atoms with Crippen molar-refractivity contribution >= 4 is 66.6 Å². The van der Waals surface area contributed by atoms with Gasteiger partial charge >= 0.3 is 0 Å². The molecule has 0 saturated carbocycles. The molecular formula is C29H25Cl2N3O3S. The summed E-state index contributed by atoms with van der Waals surface area (Å²) in [5.74, 6) is -0.465. The van der Waals surface area contributed by atoms with Gasteiger partial charge in [-0.3, -0.25) is 4.79 Å². The number of aromatic nitrogens is 1. The van der Waals surface area contributed by atoms with Crippen LogP contribution in [0.1, 0.15) is 12.5 Å². The number of carbonyl (C=O) groups excluding carboxylic acids is 1. The van der Waals surface area contributed by atoms with Gasteiger partial charge in [-0.1, -0.05) is 65.7 Å². The number of nitrogens with one attached hydrogen (secondary N) is 1. The molecule has 0 fully saturated rings. The summed E-state index contributed by atoms with van der Waals surface area (Å²) in [5, 5.41) is 5.75. The largest absolute Gasteiger partial charge is 0.341 e. The fraction of sp³-hybridized carbons (Fsp3) is 0.138. The third-order valence-electron chi connectivity index (χ3n) is 6.44. The van der Waals surface area contributed by atoms with Crippen LogP contribution in [0.5, 0.6) is 0 Å². The first kappa shape index (κ1) is 26.3. The monoisotopic (exact) mass is 565 g/mol. The Labute approximate surface area is 231 Å². The highest BCUT2D eigenvalue weighted by atomic mass is 35.5. The lowest BCUT2D eigenvalue weighted by Crippen LogP contribution is -2.37. The van der Waals surface area contributed by atoms with Crippen LogP contribution in [0.3, 0.4) is 0 Å². The number of fused-ring (bicyclic) bond motifs is 3. The van der Waals surface area contributed by atoms with Gasteiger partial charge in [0.2, 0.25) is 15.9 Å². The third kappa shape index (κ3) is 5.15. The summed E-state index contributed by atoms with van der Waals surface area (Å²) in [4.78, 5) is 13.3. The molecular weight excluding hydrogens is 541 g/mol. The second-order valence-electron chi connectivity index (χ2n) is 8.86. The summed E-state index contributed by atoms with van der Waals surface area (Å²) < 4.78 is 30.4. The second-order valence-corrected chi connectivity index (χ2v) is 11.6. The van der Waals surface area contributed by atoms with E-state index in [2.05, 4.69) is 28.9 Å². The Kier molecular flexibility index (Phi) is 7.45. The Morgan fingerprint density at radius 3 is 2.32 bits per heavy atom. The molecule has 1 N–H and O–H groups in total. The van der Waals surface area contributed by atoms with Crippen LogP contribution >= 0.6 is 23.2 Å². The average Bonchev–Trinajstić information content (AvgIpc) is 3.23. The molecule has 0 spiro atoms. The summed E-state index contributed by atoms with van der Waals surface area (Å²) >= 11 is 12.4. The molecule has 9 heteroatoms. The van der Waals surface area contributed by atoms with Gasteiger partial charge in [-0.25, -0.2) is 8.42 Å². The first-order chi connectivity index (χ1) is 18.3. The van der Waals surface area contributed by atoms with E-state index in [1.807, 2.05) is 30.3 Å². The average molecular weight is 567 g/mol. The van der Waals surface area contributed by atoms with Crippen LogP contribution < -0.4 is 5.32 Å². The zero-order valence-electron chi connectivity index (χ0n) is 20.6. The molecule has 0 aliphatic heterocycles. The van der Waals surface area contributed by atoms with E-state index < -0.39 is 22.5 Å². The van der Waals surface area contributed by atoms with E-state index in [1.54, 1.807) is 36.4 Å². The Morgan fingerprint density at radius 1 is 0.868 bits per heavy atom. The number of hydrogen-bond donors (Lipinski definition) is 1. The van der Waals surface area contributed by atoms with Crippen LogP contribution in [0.2, 0.25) is 10.0 Å². The molecule has 0 unspecified atom stereocenters. The van der Waals surface area contributed by atoms with E-state index in [4.69, 9.17) is 23.2 Å². The van der Waals surface area contributed by atoms with Crippen molar-refractivity contribution < 1.29 is 13.2 Å². The van der Waals surface area contributed by atoms with Crippen LogP contribution in [-0.2, 0) is 27.9 Å². The number of aryl methyl sites for hydroxylation is 1. The summed E-state index contributed by atoms with van der Waals surface area (Å²) in [6.07, 6.45) is 0. The number of amides is 1. The highest BCUT2D eigenvalue weighted by molar-refractivity contribution is 7.89. The molecule has 0 bridgehead atoms. The normalized spacial score (nSPS) is 11.9. The molecule has 0 aliphatic carbocycles. The number of benzene rings is 4. The zero-order valence-corrected chi connectivity index (χ0v) is 22.9.